The van der Waals surface area contributed by atoms with Crippen molar-refractivity contribution in [3.05, 3.63) is 36.5 Å². The van der Waals surface area contributed by atoms with Gasteiger partial charge in [-0.1, -0.05) is 24.3 Å². The molecule has 2 heteroatoms. The second-order valence-corrected chi connectivity index (χ2v) is 2.32. The van der Waals surface area contributed by atoms with E-state index in [0.717, 1.165) is 0 Å². The number of hydrogen-bond donors (Lipinski definition) is 0. The molecule has 0 N–H and O–H groups in total. The Morgan fingerprint density at radius 2 is 1.08 bits per heavy atom. The minimum atomic E-state index is 0.00944. The fourth-order valence-corrected chi connectivity index (χ4v) is 0.510. The van der Waals surface area contributed by atoms with Crippen molar-refractivity contribution in [2.24, 2.45) is 0 Å². The third-order valence-corrected chi connectivity index (χ3v) is 0.995. The van der Waals surface area contributed by atoms with Crippen molar-refractivity contribution < 1.29 is 9.59 Å². The van der Waals surface area contributed by atoms with E-state index in [1.165, 1.54) is 26.0 Å². The zero-order valence-corrected chi connectivity index (χ0v) is 7.28. The summed E-state index contributed by atoms with van der Waals surface area (Å²) in [6.45, 7) is 2.96. The van der Waals surface area contributed by atoms with Crippen LogP contribution in [0.1, 0.15) is 13.8 Å². The summed E-state index contributed by atoms with van der Waals surface area (Å²) in [5.74, 6) is 0.0189. The van der Waals surface area contributed by atoms with E-state index in [9.17, 15) is 9.59 Å². The van der Waals surface area contributed by atoms with Gasteiger partial charge in [-0.3, -0.25) is 9.59 Å². The highest BCUT2D eigenvalue weighted by Crippen LogP contribution is 1.82. The normalized spacial score (nSPS) is 11.8. The van der Waals surface area contributed by atoms with Crippen LogP contribution < -0.4 is 0 Å². The lowest BCUT2D eigenvalue weighted by Gasteiger charge is -1.75. The van der Waals surface area contributed by atoms with Gasteiger partial charge in [-0.15, -0.1) is 0 Å². The van der Waals surface area contributed by atoms with E-state index in [1.54, 1.807) is 24.3 Å². The lowest BCUT2D eigenvalue weighted by Crippen LogP contribution is -1.78. The van der Waals surface area contributed by atoms with Gasteiger partial charge in [0.2, 0.25) is 0 Å². The van der Waals surface area contributed by atoms with Gasteiger partial charge >= 0.3 is 0 Å². The molecule has 0 heterocycles. The van der Waals surface area contributed by atoms with E-state index in [2.05, 4.69) is 0 Å². The molecule has 0 saturated carbocycles. The maximum Gasteiger partial charge on any atom is 0.152 e. The standard InChI is InChI=1S/C10H12O2/c1-9(11)7-5-3-4-6-8-10(2)12/h3-8H,1-2H3. The average Bonchev–Trinajstić information content (AvgIpc) is 1.95. The Balaban J connectivity index is 3.78. The van der Waals surface area contributed by atoms with E-state index >= 15 is 0 Å². The van der Waals surface area contributed by atoms with Crippen LogP contribution in [0.25, 0.3) is 0 Å². The molecule has 0 aliphatic heterocycles. The number of allylic oxidation sites excluding steroid dienone is 6. The van der Waals surface area contributed by atoms with Crippen LogP contribution in [-0.4, -0.2) is 11.6 Å². The first-order valence-electron chi connectivity index (χ1n) is 3.65. The van der Waals surface area contributed by atoms with Crippen molar-refractivity contribution in [3.63, 3.8) is 0 Å². The molecular formula is C10H12O2. The van der Waals surface area contributed by atoms with Crippen molar-refractivity contribution >= 4 is 11.6 Å². The monoisotopic (exact) mass is 164 g/mol. The SMILES string of the molecule is CC(=O)C=CC=CC=CC(C)=O. The van der Waals surface area contributed by atoms with Crippen LogP contribution in [-0.2, 0) is 9.59 Å². The van der Waals surface area contributed by atoms with Gasteiger partial charge in [0.05, 0.1) is 0 Å². The first kappa shape index (κ1) is 10.6. The Bertz CT molecular complexity index is 219. The third-order valence-electron chi connectivity index (χ3n) is 0.995. The van der Waals surface area contributed by atoms with Crippen molar-refractivity contribution in [2.45, 2.75) is 13.8 Å². The van der Waals surface area contributed by atoms with Gasteiger partial charge in [-0.25, -0.2) is 0 Å². The van der Waals surface area contributed by atoms with Crippen LogP contribution in [0.15, 0.2) is 36.5 Å². The first-order chi connectivity index (χ1) is 5.63. The summed E-state index contributed by atoms with van der Waals surface area (Å²) in [6.07, 6.45) is 9.57. The molecule has 0 aliphatic rings. The van der Waals surface area contributed by atoms with Gasteiger partial charge < -0.3 is 0 Å². The first-order valence-corrected chi connectivity index (χ1v) is 3.65. The Hall–Kier alpha value is -1.44. The highest BCUT2D eigenvalue weighted by atomic mass is 16.1. The highest BCUT2D eigenvalue weighted by molar-refractivity contribution is 5.88. The Kier molecular flexibility index (Phi) is 5.53. The molecule has 0 aromatic heterocycles. The van der Waals surface area contributed by atoms with E-state index in [-0.39, 0.29) is 11.6 Å². The maximum absolute atomic E-state index is 10.4. The van der Waals surface area contributed by atoms with Crippen LogP contribution in [0.4, 0.5) is 0 Å². The molecule has 0 aromatic carbocycles. The smallest absolute Gasteiger partial charge is 0.152 e. The summed E-state index contributed by atoms with van der Waals surface area (Å²) in [4.78, 5) is 20.8. The number of ketones is 2. The molecular weight excluding hydrogens is 152 g/mol. The molecule has 0 spiro atoms. The van der Waals surface area contributed by atoms with Gasteiger partial charge in [0.1, 0.15) is 0 Å². The molecule has 0 atom stereocenters. The van der Waals surface area contributed by atoms with Gasteiger partial charge in [0.15, 0.2) is 11.6 Å². The summed E-state index contributed by atoms with van der Waals surface area (Å²) < 4.78 is 0. The Morgan fingerprint density at radius 3 is 1.33 bits per heavy atom. The second kappa shape index (κ2) is 6.28. The van der Waals surface area contributed by atoms with E-state index in [1.807, 2.05) is 0 Å². The number of carbonyl (C=O) groups is 2. The maximum atomic E-state index is 10.4. The predicted octanol–water partition coefficient (Wildman–Crippen LogP) is 1.83. The summed E-state index contributed by atoms with van der Waals surface area (Å²) in [7, 11) is 0. The lowest BCUT2D eigenvalue weighted by molar-refractivity contribution is -0.113. The number of hydrogen-bond acceptors (Lipinski definition) is 2. The predicted molar refractivity (Wildman–Crippen MR) is 48.8 cm³/mol. The number of carbonyl (C=O) groups excluding carboxylic acids is 2. The molecule has 12 heavy (non-hydrogen) atoms. The largest absolute Gasteiger partial charge is 0.295 e. The van der Waals surface area contributed by atoms with Crippen LogP contribution in [0.3, 0.4) is 0 Å². The van der Waals surface area contributed by atoms with Gasteiger partial charge in [0, 0.05) is 0 Å². The minimum absolute atomic E-state index is 0.00944. The summed E-state index contributed by atoms with van der Waals surface area (Å²) >= 11 is 0. The molecule has 0 saturated heterocycles. The van der Waals surface area contributed by atoms with Crippen molar-refractivity contribution in [2.75, 3.05) is 0 Å². The van der Waals surface area contributed by atoms with E-state index in [4.69, 9.17) is 0 Å². The second-order valence-electron chi connectivity index (χ2n) is 2.32. The Labute approximate surface area is 72.3 Å². The molecule has 0 rings (SSSR count). The van der Waals surface area contributed by atoms with Crippen molar-refractivity contribution in [1.82, 2.24) is 0 Å². The molecule has 0 aromatic rings. The van der Waals surface area contributed by atoms with Crippen LogP contribution in [0.5, 0.6) is 0 Å². The van der Waals surface area contributed by atoms with Crippen LogP contribution in [0.2, 0.25) is 0 Å². The van der Waals surface area contributed by atoms with E-state index in [0.29, 0.717) is 0 Å². The minimum Gasteiger partial charge on any atom is -0.295 e. The molecule has 64 valence electrons. The van der Waals surface area contributed by atoms with Crippen molar-refractivity contribution in [1.29, 1.82) is 0 Å². The molecule has 0 unspecified atom stereocenters. The average molecular weight is 164 g/mol. The van der Waals surface area contributed by atoms with Gasteiger partial charge in [-0.2, -0.15) is 0 Å². The van der Waals surface area contributed by atoms with Gasteiger partial charge in [-0.05, 0) is 26.0 Å². The molecule has 0 bridgehead atoms. The zero-order valence-electron chi connectivity index (χ0n) is 7.28. The fraction of sp³-hybridized carbons (Fsp3) is 0.200. The van der Waals surface area contributed by atoms with E-state index < -0.39 is 0 Å². The zero-order chi connectivity index (χ0) is 9.40. The molecule has 0 radical (unpaired) electrons. The van der Waals surface area contributed by atoms with Crippen LogP contribution in [0, 0.1) is 0 Å². The Morgan fingerprint density at radius 1 is 0.750 bits per heavy atom. The summed E-state index contributed by atoms with van der Waals surface area (Å²) in [6, 6.07) is 0. The fourth-order valence-electron chi connectivity index (χ4n) is 0.510. The van der Waals surface area contributed by atoms with Gasteiger partial charge in [0.25, 0.3) is 0 Å². The highest BCUT2D eigenvalue weighted by Gasteiger charge is 1.77. The number of rotatable bonds is 4. The molecule has 0 fully saturated rings. The molecule has 0 amide bonds. The molecule has 2 nitrogen and oxygen atoms in total. The summed E-state index contributed by atoms with van der Waals surface area (Å²) in [5, 5.41) is 0. The topological polar surface area (TPSA) is 34.1 Å². The summed E-state index contributed by atoms with van der Waals surface area (Å²) in [5.41, 5.74) is 0. The molecule has 0 aliphatic carbocycles. The van der Waals surface area contributed by atoms with Crippen LogP contribution >= 0.6 is 0 Å². The quantitative estimate of drug-likeness (QED) is 0.469. The lowest BCUT2D eigenvalue weighted by atomic mass is 10.3. The third kappa shape index (κ3) is 8.56. The van der Waals surface area contributed by atoms with Crippen molar-refractivity contribution in [3.8, 4) is 0 Å².